The first-order valence-electron chi connectivity index (χ1n) is 7.31. The highest BCUT2D eigenvalue weighted by atomic mass is 16.5. The molecule has 1 aromatic heterocycles. The summed E-state index contributed by atoms with van der Waals surface area (Å²) in [5, 5.41) is 9.97. The number of aryl methyl sites for hydroxylation is 1. The number of methoxy groups -OCH3 is 1. The van der Waals surface area contributed by atoms with E-state index in [1.807, 2.05) is 45.0 Å². The van der Waals surface area contributed by atoms with E-state index in [0.29, 0.717) is 11.6 Å². The van der Waals surface area contributed by atoms with E-state index in [4.69, 9.17) is 4.74 Å². The minimum atomic E-state index is -0.216. The van der Waals surface area contributed by atoms with Crippen LogP contribution in [0.25, 0.3) is 0 Å². The molecule has 1 atom stereocenters. The maximum atomic E-state index is 12.3. The fraction of sp³-hybridized carbons (Fsp3) is 0.438. The number of H-pyrrole nitrogens is 1. The van der Waals surface area contributed by atoms with E-state index in [-0.39, 0.29) is 24.3 Å². The number of aromatic nitrogens is 3. The summed E-state index contributed by atoms with van der Waals surface area (Å²) in [4.78, 5) is 16.7. The summed E-state index contributed by atoms with van der Waals surface area (Å²) in [6.45, 7) is 5.89. The molecule has 0 aliphatic carbocycles. The van der Waals surface area contributed by atoms with Crippen LogP contribution in [0.1, 0.15) is 37.1 Å². The van der Waals surface area contributed by atoms with Crippen LogP contribution in [-0.2, 0) is 11.2 Å². The zero-order valence-corrected chi connectivity index (χ0v) is 13.4. The molecule has 1 aromatic carbocycles. The topological polar surface area (TPSA) is 79.9 Å². The molecule has 2 aromatic rings. The largest absolute Gasteiger partial charge is 0.496 e. The standard InChI is InChI=1S/C16H22N4O2/c1-10(2)15(16-17-11(3)19-20-16)18-14(21)9-12-7-5-6-8-13(12)22-4/h5-8,10,15H,9H2,1-4H3,(H,18,21)(H,17,19,20). The monoisotopic (exact) mass is 302 g/mol. The highest BCUT2D eigenvalue weighted by Gasteiger charge is 2.22. The number of carbonyl (C=O) groups excluding carboxylic acids is 1. The lowest BCUT2D eigenvalue weighted by atomic mass is 10.0. The molecule has 1 amide bonds. The lowest BCUT2D eigenvalue weighted by Crippen LogP contribution is -2.33. The Morgan fingerprint density at radius 3 is 2.68 bits per heavy atom. The minimum absolute atomic E-state index is 0.0781. The summed E-state index contributed by atoms with van der Waals surface area (Å²) >= 11 is 0. The van der Waals surface area contributed by atoms with Crippen LogP contribution < -0.4 is 10.1 Å². The molecule has 0 aliphatic rings. The first-order valence-corrected chi connectivity index (χ1v) is 7.31. The molecule has 2 N–H and O–H groups in total. The molecule has 118 valence electrons. The predicted molar refractivity (Wildman–Crippen MR) is 83.5 cm³/mol. The van der Waals surface area contributed by atoms with Crippen LogP contribution in [0.3, 0.4) is 0 Å². The van der Waals surface area contributed by atoms with E-state index in [9.17, 15) is 4.79 Å². The van der Waals surface area contributed by atoms with Gasteiger partial charge in [0.25, 0.3) is 0 Å². The van der Waals surface area contributed by atoms with E-state index < -0.39 is 0 Å². The fourth-order valence-electron chi connectivity index (χ4n) is 2.27. The van der Waals surface area contributed by atoms with Crippen LogP contribution in [-0.4, -0.2) is 28.2 Å². The molecular formula is C16H22N4O2. The van der Waals surface area contributed by atoms with Crippen molar-refractivity contribution in [1.82, 2.24) is 20.5 Å². The molecule has 0 radical (unpaired) electrons. The second kappa shape index (κ2) is 7.06. The van der Waals surface area contributed by atoms with Crippen molar-refractivity contribution in [3.63, 3.8) is 0 Å². The van der Waals surface area contributed by atoms with Crippen molar-refractivity contribution in [2.45, 2.75) is 33.2 Å². The number of amides is 1. The molecule has 0 aliphatic heterocycles. The fourth-order valence-corrected chi connectivity index (χ4v) is 2.27. The molecule has 6 heteroatoms. The van der Waals surface area contributed by atoms with Gasteiger partial charge in [-0.2, -0.15) is 5.10 Å². The number of hydrogen-bond acceptors (Lipinski definition) is 4. The predicted octanol–water partition coefficient (Wildman–Crippen LogP) is 2.18. The highest BCUT2D eigenvalue weighted by Crippen LogP contribution is 2.20. The van der Waals surface area contributed by atoms with Crippen molar-refractivity contribution in [1.29, 1.82) is 0 Å². The van der Waals surface area contributed by atoms with Gasteiger partial charge >= 0.3 is 0 Å². The van der Waals surface area contributed by atoms with Gasteiger partial charge in [0, 0.05) is 5.56 Å². The molecule has 22 heavy (non-hydrogen) atoms. The third-order valence-corrected chi connectivity index (χ3v) is 3.42. The second-order valence-corrected chi connectivity index (χ2v) is 5.56. The van der Waals surface area contributed by atoms with E-state index in [1.165, 1.54) is 0 Å². The van der Waals surface area contributed by atoms with Gasteiger partial charge in [0.2, 0.25) is 5.91 Å². The van der Waals surface area contributed by atoms with Gasteiger partial charge < -0.3 is 10.1 Å². The third kappa shape index (κ3) is 3.84. The van der Waals surface area contributed by atoms with E-state index in [2.05, 4.69) is 20.5 Å². The highest BCUT2D eigenvalue weighted by molar-refractivity contribution is 5.79. The van der Waals surface area contributed by atoms with Gasteiger partial charge in [0.1, 0.15) is 11.6 Å². The summed E-state index contributed by atoms with van der Waals surface area (Å²) in [5.74, 6) is 2.18. The molecule has 0 fully saturated rings. The Kier molecular flexibility index (Phi) is 5.14. The van der Waals surface area contributed by atoms with Gasteiger partial charge in [0.15, 0.2) is 5.82 Å². The molecule has 6 nitrogen and oxygen atoms in total. The van der Waals surface area contributed by atoms with Gasteiger partial charge in [-0.25, -0.2) is 4.98 Å². The van der Waals surface area contributed by atoms with Crippen LogP contribution in [0.2, 0.25) is 0 Å². The number of rotatable bonds is 6. The Labute approximate surface area is 130 Å². The third-order valence-electron chi connectivity index (χ3n) is 3.42. The van der Waals surface area contributed by atoms with Gasteiger partial charge in [-0.1, -0.05) is 32.0 Å². The second-order valence-electron chi connectivity index (χ2n) is 5.56. The van der Waals surface area contributed by atoms with E-state index in [1.54, 1.807) is 7.11 Å². The van der Waals surface area contributed by atoms with Crippen LogP contribution in [0.15, 0.2) is 24.3 Å². The lowest BCUT2D eigenvalue weighted by Gasteiger charge is -2.19. The van der Waals surface area contributed by atoms with Gasteiger partial charge in [-0.3, -0.25) is 9.89 Å². The number of nitrogens with zero attached hydrogens (tertiary/aromatic N) is 2. The molecule has 1 heterocycles. The Balaban J connectivity index is 2.09. The molecular weight excluding hydrogens is 280 g/mol. The molecule has 0 spiro atoms. The van der Waals surface area contributed by atoms with Crippen molar-refractivity contribution in [3.8, 4) is 5.75 Å². The van der Waals surface area contributed by atoms with Crippen LogP contribution in [0, 0.1) is 12.8 Å². The van der Waals surface area contributed by atoms with Crippen LogP contribution in [0.5, 0.6) is 5.75 Å². The molecule has 0 bridgehead atoms. The summed E-state index contributed by atoms with van der Waals surface area (Å²) in [5.41, 5.74) is 0.858. The van der Waals surface area contributed by atoms with Crippen molar-refractivity contribution in [2.24, 2.45) is 5.92 Å². The Morgan fingerprint density at radius 2 is 2.09 bits per heavy atom. The maximum absolute atomic E-state index is 12.3. The average Bonchev–Trinajstić information content (AvgIpc) is 2.91. The van der Waals surface area contributed by atoms with E-state index >= 15 is 0 Å². The first-order chi connectivity index (χ1) is 10.5. The maximum Gasteiger partial charge on any atom is 0.225 e. The van der Waals surface area contributed by atoms with E-state index in [0.717, 1.165) is 11.4 Å². The molecule has 2 rings (SSSR count). The Hall–Kier alpha value is -2.37. The van der Waals surface area contributed by atoms with Gasteiger partial charge in [-0.05, 0) is 18.9 Å². The number of aromatic amines is 1. The quantitative estimate of drug-likeness (QED) is 0.857. The summed E-state index contributed by atoms with van der Waals surface area (Å²) in [7, 11) is 1.60. The van der Waals surface area contributed by atoms with Crippen LogP contribution in [0.4, 0.5) is 0 Å². The number of carbonyl (C=O) groups is 1. The zero-order chi connectivity index (χ0) is 16.1. The van der Waals surface area contributed by atoms with Crippen molar-refractivity contribution >= 4 is 5.91 Å². The average molecular weight is 302 g/mol. The molecule has 1 unspecified atom stereocenters. The summed E-state index contributed by atoms with van der Waals surface area (Å²) in [6, 6.07) is 7.30. The number of ether oxygens (including phenoxy) is 1. The Bertz CT molecular complexity index is 637. The van der Waals surface area contributed by atoms with Gasteiger partial charge in [0.05, 0.1) is 19.6 Å². The first kappa shape index (κ1) is 16.0. The summed E-state index contributed by atoms with van der Waals surface area (Å²) in [6.07, 6.45) is 0.261. The Morgan fingerprint density at radius 1 is 1.36 bits per heavy atom. The smallest absolute Gasteiger partial charge is 0.225 e. The number of benzene rings is 1. The van der Waals surface area contributed by atoms with Gasteiger partial charge in [-0.15, -0.1) is 0 Å². The normalized spacial score (nSPS) is 12.2. The molecule has 0 saturated heterocycles. The minimum Gasteiger partial charge on any atom is -0.496 e. The number of para-hydroxylation sites is 1. The lowest BCUT2D eigenvalue weighted by molar-refractivity contribution is -0.121. The molecule has 0 saturated carbocycles. The number of hydrogen-bond donors (Lipinski definition) is 2. The zero-order valence-electron chi connectivity index (χ0n) is 13.4. The van der Waals surface area contributed by atoms with Crippen molar-refractivity contribution in [3.05, 3.63) is 41.5 Å². The van der Waals surface area contributed by atoms with Crippen LogP contribution >= 0.6 is 0 Å². The van der Waals surface area contributed by atoms with Crippen molar-refractivity contribution < 1.29 is 9.53 Å². The number of nitrogens with one attached hydrogen (secondary N) is 2. The summed E-state index contributed by atoms with van der Waals surface area (Å²) < 4.78 is 5.28. The SMILES string of the molecule is COc1ccccc1CC(=O)NC(c1n[nH]c(C)n1)C(C)C. The van der Waals surface area contributed by atoms with Crippen molar-refractivity contribution in [2.75, 3.05) is 7.11 Å².